The van der Waals surface area contributed by atoms with E-state index in [1.165, 1.54) is 4.90 Å². The normalized spacial score (nSPS) is 23.5. The van der Waals surface area contributed by atoms with Crippen LogP contribution in [-0.4, -0.2) is 46.4 Å². The largest absolute Gasteiger partial charge is 0.378 e. The number of rotatable bonds is 2. The van der Waals surface area contributed by atoms with Gasteiger partial charge in [-0.15, -0.1) is 0 Å². The van der Waals surface area contributed by atoms with Crippen LogP contribution in [0.25, 0.3) is 0 Å². The molecule has 2 aliphatic rings. The molecule has 1 fully saturated rings. The first-order valence-corrected chi connectivity index (χ1v) is 8.13. The van der Waals surface area contributed by atoms with Crippen LogP contribution in [0.15, 0.2) is 18.2 Å². The molecule has 1 atom stereocenters. The first-order chi connectivity index (χ1) is 11.4. The Balaban J connectivity index is 1.72. The predicted octanol–water partition coefficient (Wildman–Crippen LogP) is 1.05. The molecule has 1 aliphatic heterocycles. The van der Waals surface area contributed by atoms with E-state index in [-0.39, 0.29) is 25.3 Å². The molecule has 0 radical (unpaired) electrons. The zero-order valence-electron chi connectivity index (χ0n) is 13.4. The van der Waals surface area contributed by atoms with Gasteiger partial charge < -0.3 is 21.1 Å². The Bertz CT molecular complexity index is 703. The topological polar surface area (TPSA) is 113 Å². The lowest BCUT2D eigenvalue weighted by molar-refractivity contribution is -0.134. The first-order valence-electron chi connectivity index (χ1n) is 8.13. The Morgan fingerprint density at radius 3 is 2.71 bits per heavy atom. The number of likely N-dealkylation sites (tertiary alicyclic amines) is 1. The van der Waals surface area contributed by atoms with Gasteiger partial charge in [0, 0.05) is 30.6 Å². The number of anilines is 1. The van der Waals surface area contributed by atoms with E-state index in [2.05, 4.69) is 5.32 Å². The molecular weight excluding hydrogens is 310 g/mol. The van der Waals surface area contributed by atoms with E-state index < -0.39 is 17.5 Å². The monoisotopic (exact) mass is 331 g/mol. The van der Waals surface area contributed by atoms with Crippen LogP contribution in [0.2, 0.25) is 0 Å². The smallest absolute Gasteiger partial charge is 0.321 e. The number of nitrogens with one attached hydrogen (secondary N) is 1. The number of nitrogens with zero attached hydrogens (tertiary/aromatic N) is 1. The third-order valence-electron chi connectivity index (χ3n) is 4.76. The number of fused-ring (bicyclic) bond motifs is 1. The minimum Gasteiger partial charge on any atom is -0.378 e. The van der Waals surface area contributed by atoms with Gasteiger partial charge in [-0.2, -0.15) is 0 Å². The van der Waals surface area contributed by atoms with E-state index in [4.69, 9.17) is 5.73 Å². The fraction of sp³-hybridized carbons (Fsp3) is 0.471. The van der Waals surface area contributed by atoms with Crippen LogP contribution in [0.3, 0.4) is 0 Å². The number of aliphatic hydroxyl groups is 1. The number of nitrogens with two attached hydrogens (primary N) is 1. The highest BCUT2D eigenvalue weighted by Gasteiger charge is 2.43. The zero-order chi connectivity index (χ0) is 17.3. The van der Waals surface area contributed by atoms with Gasteiger partial charge >= 0.3 is 6.03 Å². The molecule has 3 amide bonds. The summed E-state index contributed by atoms with van der Waals surface area (Å²) in [5.41, 5.74) is 5.71. The van der Waals surface area contributed by atoms with Crippen molar-refractivity contribution in [2.75, 3.05) is 18.4 Å². The highest BCUT2D eigenvalue weighted by molar-refractivity contribution is 6.00. The Hall–Kier alpha value is -2.41. The van der Waals surface area contributed by atoms with Crippen LogP contribution in [0.4, 0.5) is 10.5 Å². The molecule has 1 aromatic rings. The van der Waals surface area contributed by atoms with Crippen molar-refractivity contribution >= 4 is 23.4 Å². The number of Topliss-reactive ketones (excluding diaryl/α,β-unsaturated/α-hetero) is 1. The standard InChI is InChI=1S/C17H21N3O4/c18-15(22)17(24)7-8-20(10-17)16(23)19-12-6-5-11-3-1-2-4-14(21)13(11)9-12/h5-6,9,24H,1-4,7-8,10H2,(H2,18,22)(H,19,23)/t17-/m0/s1. The van der Waals surface area contributed by atoms with Gasteiger partial charge in [-0.3, -0.25) is 9.59 Å². The summed E-state index contributed by atoms with van der Waals surface area (Å²) in [4.78, 5) is 37.1. The number of β-amino-alcohol motifs (C(OH)–C–C–N with tert-alkyl or cyclic N) is 1. The highest BCUT2D eigenvalue weighted by Crippen LogP contribution is 2.25. The van der Waals surface area contributed by atoms with Crippen molar-refractivity contribution in [1.82, 2.24) is 4.90 Å². The quantitative estimate of drug-likeness (QED) is 0.703. The third-order valence-corrected chi connectivity index (χ3v) is 4.76. The summed E-state index contributed by atoms with van der Waals surface area (Å²) >= 11 is 0. The minimum atomic E-state index is -1.67. The van der Waals surface area contributed by atoms with E-state index in [9.17, 15) is 19.5 Å². The number of primary amides is 1. The predicted molar refractivity (Wildman–Crippen MR) is 87.7 cm³/mol. The number of ketones is 1. The van der Waals surface area contributed by atoms with Gasteiger partial charge in [0.15, 0.2) is 11.4 Å². The second-order valence-corrected chi connectivity index (χ2v) is 6.50. The second-order valence-electron chi connectivity index (χ2n) is 6.50. The molecule has 7 nitrogen and oxygen atoms in total. The van der Waals surface area contributed by atoms with Crippen LogP contribution in [0.5, 0.6) is 0 Å². The van der Waals surface area contributed by atoms with Crippen molar-refractivity contribution in [1.29, 1.82) is 0 Å². The Morgan fingerprint density at radius 2 is 2.00 bits per heavy atom. The molecule has 3 rings (SSSR count). The number of hydrogen-bond acceptors (Lipinski definition) is 4. The average Bonchev–Trinajstić information content (AvgIpc) is 2.87. The zero-order valence-corrected chi connectivity index (χ0v) is 13.4. The molecule has 1 aliphatic carbocycles. The van der Waals surface area contributed by atoms with Gasteiger partial charge in [0.05, 0.1) is 6.54 Å². The molecule has 1 saturated heterocycles. The summed E-state index contributed by atoms with van der Waals surface area (Å²) in [6.45, 7) is 0.118. The lowest BCUT2D eigenvalue weighted by Crippen LogP contribution is -2.47. The van der Waals surface area contributed by atoms with Crippen LogP contribution < -0.4 is 11.1 Å². The lowest BCUT2D eigenvalue weighted by atomic mass is 10.0. The molecule has 24 heavy (non-hydrogen) atoms. The Labute approximate surface area is 139 Å². The van der Waals surface area contributed by atoms with Gasteiger partial charge in [-0.25, -0.2) is 4.79 Å². The van der Waals surface area contributed by atoms with Crippen LogP contribution in [0, 0.1) is 0 Å². The minimum absolute atomic E-state index is 0.0999. The number of carbonyl (C=O) groups excluding carboxylic acids is 3. The van der Waals surface area contributed by atoms with Gasteiger partial charge in [-0.05, 0) is 37.0 Å². The van der Waals surface area contributed by atoms with E-state index in [1.807, 2.05) is 6.07 Å². The number of aryl methyl sites for hydroxylation is 1. The summed E-state index contributed by atoms with van der Waals surface area (Å²) in [6.07, 6.45) is 3.40. The van der Waals surface area contributed by atoms with Crippen LogP contribution >= 0.6 is 0 Å². The molecule has 1 aromatic carbocycles. The van der Waals surface area contributed by atoms with Crippen LogP contribution in [-0.2, 0) is 11.2 Å². The lowest BCUT2D eigenvalue weighted by Gasteiger charge is -2.20. The molecular formula is C17H21N3O4. The van der Waals surface area contributed by atoms with E-state index in [1.54, 1.807) is 12.1 Å². The molecule has 0 bridgehead atoms. The Kier molecular flexibility index (Phi) is 4.28. The first kappa shape index (κ1) is 16.4. The maximum Gasteiger partial charge on any atom is 0.321 e. The SMILES string of the molecule is NC(=O)[C@]1(O)CCN(C(=O)Nc2ccc3c(c2)C(=O)CCCC3)C1. The average molecular weight is 331 g/mol. The van der Waals surface area contributed by atoms with Gasteiger partial charge in [0.1, 0.15) is 0 Å². The summed E-state index contributed by atoms with van der Waals surface area (Å²) in [5.74, 6) is -0.726. The van der Waals surface area contributed by atoms with E-state index in [0.29, 0.717) is 17.7 Å². The van der Waals surface area contributed by atoms with Crippen molar-refractivity contribution in [2.45, 2.75) is 37.7 Å². The molecule has 1 heterocycles. The summed E-state index contributed by atoms with van der Waals surface area (Å²) < 4.78 is 0. The van der Waals surface area contributed by atoms with Crippen molar-refractivity contribution in [3.05, 3.63) is 29.3 Å². The van der Waals surface area contributed by atoms with Gasteiger partial charge in [0.25, 0.3) is 5.91 Å². The molecule has 128 valence electrons. The van der Waals surface area contributed by atoms with Gasteiger partial charge in [0.2, 0.25) is 0 Å². The molecule has 0 aromatic heterocycles. The maximum atomic E-state index is 12.3. The van der Waals surface area contributed by atoms with Crippen molar-refractivity contribution in [3.8, 4) is 0 Å². The number of benzene rings is 1. The number of amides is 3. The molecule has 0 unspecified atom stereocenters. The van der Waals surface area contributed by atoms with E-state index in [0.717, 1.165) is 24.8 Å². The van der Waals surface area contributed by atoms with Crippen molar-refractivity contribution in [2.24, 2.45) is 5.73 Å². The van der Waals surface area contributed by atoms with Gasteiger partial charge in [-0.1, -0.05) is 6.07 Å². The number of urea groups is 1. The molecule has 0 saturated carbocycles. The summed E-state index contributed by atoms with van der Waals surface area (Å²) in [6, 6.07) is 4.93. The van der Waals surface area contributed by atoms with E-state index >= 15 is 0 Å². The summed E-state index contributed by atoms with van der Waals surface area (Å²) in [7, 11) is 0. The fourth-order valence-corrected chi connectivity index (χ4v) is 3.24. The molecule has 7 heteroatoms. The number of hydrogen-bond donors (Lipinski definition) is 3. The number of carbonyl (C=O) groups is 3. The van der Waals surface area contributed by atoms with Crippen molar-refractivity contribution < 1.29 is 19.5 Å². The maximum absolute atomic E-state index is 12.3. The Morgan fingerprint density at radius 1 is 1.25 bits per heavy atom. The third kappa shape index (κ3) is 3.12. The van der Waals surface area contributed by atoms with Crippen molar-refractivity contribution in [3.63, 3.8) is 0 Å². The second kappa shape index (κ2) is 6.24. The molecule has 4 N–H and O–H groups in total. The highest BCUT2D eigenvalue weighted by atomic mass is 16.3. The summed E-state index contributed by atoms with van der Waals surface area (Å²) in [5, 5.41) is 12.8. The fourth-order valence-electron chi connectivity index (χ4n) is 3.24. The van der Waals surface area contributed by atoms with Crippen LogP contribution in [0.1, 0.15) is 41.6 Å². The molecule has 0 spiro atoms.